The van der Waals surface area contributed by atoms with Gasteiger partial charge in [-0.15, -0.1) is 0 Å². The van der Waals surface area contributed by atoms with E-state index in [-0.39, 0.29) is 27.8 Å². The molecule has 1 aliphatic carbocycles. The van der Waals surface area contributed by atoms with Gasteiger partial charge in [-0.3, -0.25) is 4.79 Å². The number of aliphatic hydroxyl groups excluding tert-OH is 4. The Morgan fingerprint density at radius 2 is 0.974 bits per heavy atom. The molecule has 0 radical (unpaired) electrons. The van der Waals surface area contributed by atoms with Gasteiger partial charge >= 0.3 is 35.8 Å². The molecule has 0 saturated heterocycles. The first-order valence-electron chi connectivity index (χ1n) is 22.8. The van der Waals surface area contributed by atoms with E-state index in [4.69, 9.17) is 28.4 Å². The number of carbonyl (C=O) groups is 6. The molecule has 78 heavy (non-hydrogen) atoms. The van der Waals surface area contributed by atoms with Crippen molar-refractivity contribution in [1.82, 2.24) is 0 Å². The van der Waals surface area contributed by atoms with E-state index >= 15 is 9.59 Å². The number of phenols is 8. The second kappa shape index (κ2) is 23.4. The third-order valence-electron chi connectivity index (χ3n) is 12.2. The van der Waals surface area contributed by atoms with E-state index in [0.29, 0.717) is 12.2 Å². The van der Waals surface area contributed by atoms with Crippen molar-refractivity contribution in [3.8, 4) is 46.0 Å². The van der Waals surface area contributed by atoms with Crippen LogP contribution in [-0.2, 0) is 57.2 Å². The summed E-state index contributed by atoms with van der Waals surface area (Å²) in [7, 11) is 0. The Labute approximate surface area is 437 Å². The van der Waals surface area contributed by atoms with Crippen molar-refractivity contribution < 1.29 is 129 Å². The van der Waals surface area contributed by atoms with E-state index in [1.54, 1.807) is 0 Å². The van der Waals surface area contributed by atoms with Crippen molar-refractivity contribution in [3.63, 3.8) is 0 Å². The van der Waals surface area contributed by atoms with Gasteiger partial charge in [-0.05, 0) is 94.6 Å². The minimum absolute atomic E-state index is 0.129. The summed E-state index contributed by atoms with van der Waals surface area (Å²) < 4.78 is 33.5. The Hall–Kier alpha value is -9.76. The van der Waals surface area contributed by atoms with E-state index in [0.717, 1.165) is 85.0 Å². The molecule has 0 amide bonds. The number of carboxylic acid groups (broad SMARTS) is 2. The SMILES string of the molecule is O=C(/C=C/c1ccc(O)c(O)c1)O[C@@H]1C(OC(=O)C2=Cc3cc(O)c(O)cc3[C@@H](c3ccc(O)c(O)c3)[C@@H]2C(=O)OC2C=C(C(=O)O)O[C@H](C(O)CO)[C@@H]2OC(=O)/C=C/c2ccc(O)c(O)c2)C=C(C(=O)O)O[C@@H]1C(O)CO. The molecule has 7 rings (SSSR count). The number of aliphatic carboxylic acids is 2. The molecule has 4 unspecified atom stereocenters. The van der Waals surface area contributed by atoms with Crippen molar-refractivity contribution in [2.45, 2.75) is 54.7 Å². The maximum atomic E-state index is 15.3. The van der Waals surface area contributed by atoms with Crippen LogP contribution in [0.3, 0.4) is 0 Å². The van der Waals surface area contributed by atoms with E-state index in [2.05, 4.69) is 0 Å². The second-order valence-electron chi connectivity index (χ2n) is 17.3. The smallest absolute Gasteiger partial charge is 0.370 e. The largest absolute Gasteiger partial charge is 0.504 e. The molecular weight excluding hydrogens is 1040 g/mol. The van der Waals surface area contributed by atoms with Gasteiger partial charge < -0.3 is 99.9 Å². The maximum absolute atomic E-state index is 15.3. The molecule has 2 heterocycles. The molecule has 0 fully saturated rings. The lowest BCUT2D eigenvalue weighted by molar-refractivity contribution is -0.189. The fraction of sp³-hybridized carbons (Fsp3) is 0.231. The quantitative estimate of drug-likeness (QED) is 0.0303. The third kappa shape index (κ3) is 12.3. The van der Waals surface area contributed by atoms with Gasteiger partial charge in [-0.1, -0.05) is 18.2 Å². The van der Waals surface area contributed by atoms with E-state index in [1.165, 1.54) is 12.1 Å². The first kappa shape index (κ1) is 56.0. The zero-order valence-electron chi connectivity index (χ0n) is 39.7. The highest BCUT2D eigenvalue weighted by Gasteiger charge is 2.51. The maximum Gasteiger partial charge on any atom is 0.370 e. The van der Waals surface area contributed by atoms with Crippen molar-refractivity contribution in [3.05, 3.63) is 136 Å². The number of hydrogen-bond acceptors (Lipinski definition) is 24. The summed E-state index contributed by atoms with van der Waals surface area (Å²) in [6, 6.07) is 11.7. The monoisotopic (exact) mass is 1090 g/mol. The zero-order chi connectivity index (χ0) is 56.9. The Morgan fingerprint density at radius 1 is 0.538 bits per heavy atom. The number of aliphatic hydroxyl groups is 4. The number of aromatic hydroxyl groups is 8. The molecule has 10 atom stereocenters. The second-order valence-corrected chi connectivity index (χ2v) is 17.3. The van der Waals surface area contributed by atoms with E-state index in [9.17, 15) is 90.7 Å². The molecule has 2 aliphatic heterocycles. The summed E-state index contributed by atoms with van der Waals surface area (Å²) in [4.78, 5) is 82.0. The van der Waals surface area contributed by atoms with Gasteiger partial charge in [-0.2, -0.15) is 0 Å². The number of hydrogen-bond donors (Lipinski definition) is 14. The lowest BCUT2D eigenvalue weighted by Crippen LogP contribution is -2.54. The molecule has 3 aliphatic rings. The summed E-state index contributed by atoms with van der Waals surface area (Å²) in [5.41, 5.74) is -1.02. The van der Waals surface area contributed by atoms with Crippen LogP contribution in [0.4, 0.5) is 0 Å². The topological polar surface area (TPSA) is 441 Å². The Morgan fingerprint density at radius 3 is 1.42 bits per heavy atom. The van der Waals surface area contributed by atoms with Crippen LogP contribution >= 0.6 is 0 Å². The Balaban J connectivity index is 1.34. The number of fused-ring (bicyclic) bond motifs is 1. The van der Waals surface area contributed by atoms with Crippen LogP contribution in [0.25, 0.3) is 18.2 Å². The summed E-state index contributed by atoms with van der Waals surface area (Å²) in [5.74, 6) is -20.7. The van der Waals surface area contributed by atoms with Crippen molar-refractivity contribution >= 4 is 54.0 Å². The van der Waals surface area contributed by atoms with Crippen LogP contribution in [0.1, 0.15) is 33.7 Å². The number of benzene rings is 4. The van der Waals surface area contributed by atoms with Crippen LogP contribution < -0.4 is 0 Å². The lowest BCUT2D eigenvalue weighted by Gasteiger charge is -2.39. The van der Waals surface area contributed by atoms with Crippen LogP contribution in [0.2, 0.25) is 0 Å². The summed E-state index contributed by atoms with van der Waals surface area (Å²) in [6.07, 6.45) is -10.8. The van der Waals surface area contributed by atoms with Gasteiger partial charge in [0, 0.05) is 30.2 Å². The predicted octanol–water partition coefficient (Wildman–Crippen LogP) is 0.992. The highest BCUT2D eigenvalue weighted by Crippen LogP contribution is 2.49. The minimum Gasteiger partial charge on any atom is -0.504 e. The first-order valence-corrected chi connectivity index (χ1v) is 22.8. The lowest BCUT2D eigenvalue weighted by atomic mass is 9.71. The van der Waals surface area contributed by atoms with Gasteiger partial charge in [0.1, 0.15) is 12.2 Å². The van der Waals surface area contributed by atoms with E-state index < -0.39 is 173 Å². The molecular formula is C52H46O26. The fourth-order valence-corrected chi connectivity index (χ4v) is 8.42. The number of phenolic OH excluding ortho intramolecular Hbond substituents is 8. The molecule has 0 bridgehead atoms. The molecule has 0 aromatic heterocycles. The van der Waals surface area contributed by atoms with Crippen molar-refractivity contribution in [2.75, 3.05) is 13.2 Å². The molecule has 4 aromatic rings. The van der Waals surface area contributed by atoms with Crippen LogP contribution in [0, 0.1) is 5.92 Å². The number of rotatable bonds is 17. The number of ether oxygens (including phenoxy) is 6. The summed E-state index contributed by atoms with van der Waals surface area (Å²) >= 11 is 0. The molecule has 26 heteroatoms. The summed E-state index contributed by atoms with van der Waals surface area (Å²) in [5, 5.41) is 144. The zero-order valence-corrected chi connectivity index (χ0v) is 39.7. The molecule has 410 valence electrons. The van der Waals surface area contributed by atoms with Crippen molar-refractivity contribution in [1.29, 1.82) is 0 Å². The highest BCUT2D eigenvalue weighted by molar-refractivity contribution is 6.02. The van der Waals surface area contributed by atoms with Crippen LogP contribution in [0.5, 0.6) is 46.0 Å². The molecule has 26 nitrogen and oxygen atoms in total. The highest BCUT2D eigenvalue weighted by atomic mass is 16.6. The molecule has 0 spiro atoms. The van der Waals surface area contributed by atoms with E-state index in [1.807, 2.05) is 0 Å². The van der Waals surface area contributed by atoms with Gasteiger partial charge in [0.15, 0.2) is 82.6 Å². The average Bonchev–Trinajstić information content (AvgIpc) is 3.61. The standard InChI is InChI=1S/C52H46O26/c53-19-35(63)45-47(77-41(65)9-3-21-1-6-27(55)30(58)11-21)37(17-39(73-45)49(67)68)75-51(71)26-13-24-15-33(61)34(62)16-25(24)43(23-5-8-29(57)32(60)14-23)44(26)52(72)76-38-18-40(50(69)70)74-46(36(64)20-54)48(38)78-42(66)10-4-22-2-7-28(56)31(59)12-22/h1-18,35-38,43-48,53-64H,19-20H2,(H,67,68)(H,69,70)/b9-3+,10-4+/t35?,36?,37?,38?,43-,44-,45-,46-,47-,48-/m1/s1. The molecule has 14 N–H and O–H groups in total. The van der Waals surface area contributed by atoms with Gasteiger partial charge in [-0.25, -0.2) is 24.0 Å². The Kier molecular flexibility index (Phi) is 16.8. The van der Waals surface area contributed by atoms with Gasteiger partial charge in [0.05, 0.1) is 24.7 Å². The molecule has 4 aromatic carbocycles. The van der Waals surface area contributed by atoms with Gasteiger partial charge in [0.25, 0.3) is 0 Å². The first-order chi connectivity index (χ1) is 37.0. The molecule has 0 saturated carbocycles. The average molecular weight is 1090 g/mol. The Bertz CT molecular complexity index is 3190. The fourth-order valence-electron chi connectivity index (χ4n) is 8.42. The summed E-state index contributed by atoms with van der Waals surface area (Å²) in [6.45, 7) is -2.34. The van der Waals surface area contributed by atoms with Crippen LogP contribution in [-0.4, -0.2) is 169 Å². The third-order valence-corrected chi connectivity index (χ3v) is 12.2. The van der Waals surface area contributed by atoms with Crippen molar-refractivity contribution in [2.24, 2.45) is 5.92 Å². The number of esters is 4. The van der Waals surface area contributed by atoms with Crippen LogP contribution in [0.15, 0.2) is 108 Å². The normalized spacial score (nSPS) is 22.5. The van der Waals surface area contributed by atoms with Gasteiger partial charge in [0.2, 0.25) is 11.5 Å². The number of carbonyl (C=O) groups excluding carboxylic acids is 4. The minimum atomic E-state index is -2.20. The predicted molar refractivity (Wildman–Crippen MR) is 257 cm³/mol. The number of carboxylic acids is 2.